The highest BCUT2D eigenvalue weighted by molar-refractivity contribution is 8.14. The molecular weight excluding hydrogens is 409 g/mol. The van der Waals surface area contributed by atoms with Crippen LogP contribution < -0.4 is 5.32 Å². The highest BCUT2D eigenvalue weighted by atomic mass is 32.2. The molecule has 4 nitrogen and oxygen atoms in total. The van der Waals surface area contributed by atoms with Gasteiger partial charge in [0.15, 0.2) is 0 Å². The molecule has 0 saturated carbocycles. The summed E-state index contributed by atoms with van der Waals surface area (Å²) in [4.78, 5) is 24.8. The molecule has 2 aromatic carbocycles. The Bertz CT molecular complexity index is 930. The molecule has 7 heteroatoms. The number of amides is 1. The van der Waals surface area contributed by atoms with E-state index in [1.54, 1.807) is 25.1 Å². The van der Waals surface area contributed by atoms with Gasteiger partial charge in [-0.1, -0.05) is 36.5 Å². The number of carbonyl (C=O) groups is 2. The molecule has 0 saturated heterocycles. The van der Waals surface area contributed by atoms with Gasteiger partial charge in [0, 0.05) is 18.2 Å². The van der Waals surface area contributed by atoms with Gasteiger partial charge in [-0.25, -0.2) is 4.39 Å². The highest BCUT2D eigenvalue weighted by Crippen LogP contribution is 2.31. The van der Waals surface area contributed by atoms with Crippen LogP contribution in [0, 0.1) is 12.7 Å². The molecule has 154 valence electrons. The third-order valence-electron chi connectivity index (χ3n) is 4.32. The van der Waals surface area contributed by atoms with Crippen LogP contribution in [-0.2, 0) is 4.79 Å². The average molecular weight is 434 g/mol. The van der Waals surface area contributed by atoms with Gasteiger partial charge in [0.2, 0.25) is 11.0 Å². The summed E-state index contributed by atoms with van der Waals surface area (Å²) in [6.45, 7) is 7.17. The average Bonchev–Trinajstić information content (AvgIpc) is 2.66. The fourth-order valence-electron chi connectivity index (χ4n) is 2.77. The SMILES string of the molecule is C=C(SC)C(CCSC(=O)c1cc(-c2ccc(C)cc2F)ccc1O)NC(C)=O. The Morgan fingerprint density at radius 2 is 1.97 bits per heavy atom. The molecule has 0 aliphatic rings. The fourth-order valence-corrected chi connectivity index (χ4v) is 4.09. The first-order valence-corrected chi connectivity index (χ1v) is 11.2. The summed E-state index contributed by atoms with van der Waals surface area (Å²) in [6.07, 6.45) is 2.41. The fraction of sp³-hybridized carbons (Fsp3) is 0.273. The molecular formula is C22H24FNO3S2. The maximum Gasteiger partial charge on any atom is 0.223 e. The Kier molecular flexibility index (Phi) is 8.34. The monoisotopic (exact) mass is 433 g/mol. The van der Waals surface area contributed by atoms with Crippen LogP contribution in [0.4, 0.5) is 4.39 Å². The molecule has 0 aliphatic carbocycles. The second-order valence-electron chi connectivity index (χ2n) is 6.56. The van der Waals surface area contributed by atoms with Crippen molar-refractivity contribution in [1.82, 2.24) is 5.32 Å². The predicted octanol–water partition coefficient (Wildman–Crippen LogP) is 5.15. The van der Waals surface area contributed by atoms with E-state index in [0.29, 0.717) is 23.3 Å². The van der Waals surface area contributed by atoms with Gasteiger partial charge >= 0.3 is 0 Å². The molecule has 1 atom stereocenters. The summed E-state index contributed by atoms with van der Waals surface area (Å²) in [5.41, 5.74) is 1.83. The highest BCUT2D eigenvalue weighted by Gasteiger charge is 2.18. The molecule has 2 aromatic rings. The summed E-state index contributed by atoms with van der Waals surface area (Å²) in [5, 5.41) is 12.6. The molecule has 0 aliphatic heterocycles. The number of hydrogen-bond acceptors (Lipinski definition) is 5. The normalized spacial score (nSPS) is 11.7. The number of halogens is 1. The molecule has 1 amide bonds. The zero-order chi connectivity index (χ0) is 21.6. The van der Waals surface area contributed by atoms with E-state index < -0.39 is 0 Å². The maximum absolute atomic E-state index is 14.3. The first-order chi connectivity index (χ1) is 13.7. The van der Waals surface area contributed by atoms with E-state index in [4.69, 9.17) is 0 Å². The van der Waals surface area contributed by atoms with E-state index in [1.807, 2.05) is 6.26 Å². The van der Waals surface area contributed by atoms with Crippen LogP contribution in [0.2, 0.25) is 0 Å². The van der Waals surface area contributed by atoms with Gasteiger partial charge in [-0.05, 0) is 53.8 Å². The lowest BCUT2D eigenvalue weighted by Crippen LogP contribution is -2.34. The third-order valence-corrected chi connectivity index (χ3v) is 6.05. The minimum Gasteiger partial charge on any atom is -0.507 e. The Hall–Kier alpha value is -2.25. The molecule has 2 N–H and O–H groups in total. The van der Waals surface area contributed by atoms with Gasteiger partial charge in [-0.3, -0.25) is 9.59 Å². The Labute approximate surface area is 179 Å². The largest absolute Gasteiger partial charge is 0.507 e. The zero-order valence-electron chi connectivity index (χ0n) is 16.6. The van der Waals surface area contributed by atoms with Gasteiger partial charge in [-0.15, -0.1) is 11.8 Å². The van der Waals surface area contributed by atoms with Gasteiger partial charge < -0.3 is 10.4 Å². The second-order valence-corrected chi connectivity index (χ2v) is 8.56. The quantitative estimate of drug-likeness (QED) is 0.603. The Balaban J connectivity index is 2.12. The molecule has 0 fully saturated rings. The molecule has 0 bridgehead atoms. The Morgan fingerprint density at radius 3 is 2.59 bits per heavy atom. The predicted molar refractivity (Wildman–Crippen MR) is 120 cm³/mol. The van der Waals surface area contributed by atoms with E-state index in [9.17, 15) is 19.1 Å². The number of aryl methyl sites for hydroxylation is 1. The van der Waals surface area contributed by atoms with Crippen molar-refractivity contribution >= 4 is 34.5 Å². The first kappa shape index (κ1) is 23.0. The molecule has 0 radical (unpaired) electrons. The molecule has 0 heterocycles. The summed E-state index contributed by atoms with van der Waals surface area (Å²) in [5.74, 6) is -0.250. The first-order valence-electron chi connectivity index (χ1n) is 8.99. The summed E-state index contributed by atoms with van der Waals surface area (Å²) in [7, 11) is 0. The molecule has 29 heavy (non-hydrogen) atoms. The zero-order valence-corrected chi connectivity index (χ0v) is 18.3. The number of carbonyl (C=O) groups excluding carboxylic acids is 2. The third kappa shape index (κ3) is 6.37. The van der Waals surface area contributed by atoms with Crippen molar-refractivity contribution in [1.29, 1.82) is 0 Å². The number of phenols is 1. The van der Waals surface area contributed by atoms with Crippen molar-refractivity contribution in [2.24, 2.45) is 0 Å². The van der Waals surface area contributed by atoms with Crippen LogP contribution in [0.3, 0.4) is 0 Å². The van der Waals surface area contributed by atoms with Gasteiger partial charge in [0.05, 0.1) is 11.6 Å². The van der Waals surface area contributed by atoms with Crippen molar-refractivity contribution in [2.75, 3.05) is 12.0 Å². The van der Waals surface area contributed by atoms with Crippen LogP contribution in [-0.4, -0.2) is 34.2 Å². The van der Waals surface area contributed by atoms with Crippen LogP contribution in [0.25, 0.3) is 11.1 Å². The Morgan fingerprint density at radius 1 is 1.24 bits per heavy atom. The minimum atomic E-state index is -0.379. The lowest BCUT2D eigenvalue weighted by atomic mass is 10.0. The van der Waals surface area contributed by atoms with E-state index in [2.05, 4.69) is 11.9 Å². The van der Waals surface area contributed by atoms with Crippen molar-refractivity contribution in [3.8, 4) is 16.9 Å². The van der Waals surface area contributed by atoms with E-state index in [1.165, 1.54) is 36.9 Å². The number of rotatable bonds is 8. The summed E-state index contributed by atoms with van der Waals surface area (Å²) < 4.78 is 14.3. The lowest BCUT2D eigenvalue weighted by molar-refractivity contribution is -0.119. The van der Waals surface area contributed by atoms with E-state index in [-0.39, 0.29) is 34.2 Å². The molecule has 0 spiro atoms. The number of benzene rings is 2. The van der Waals surface area contributed by atoms with Crippen LogP contribution in [0.15, 0.2) is 47.9 Å². The van der Waals surface area contributed by atoms with Crippen molar-refractivity contribution in [2.45, 2.75) is 26.3 Å². The van der Waals surface area contributed by atoms with Crippen molar-refractivity contribution in [3.63, 3.8) is 0 Å². The summed E-state index contributed by atoms with van der Waals surface area (Å²) in [6, 6.07) is 9.14. The molecule has 1 unspecified atom stereocenters. The number of hydrogen-bond donors (Lipinski definition) is 2. The van der Waals surface area contributed by atoms with Gasteiger partial charge in [-0.2, -0.15) is 0 Å². The topological polar surface area (TPSA) is 66.4 Å². The molecule has 0 aromatic heterocycles. The number of nitrogens with one attached hydrogen (secondary N) is 1. The maximum atomic E-state index is 14.3. The van der Waals surface area contributed by atoms with Crippen molar-refractivity contribution in [3.05, 3.63) is 64.8 Å². The van der Waals surface area contributed by atoms with Crippen LogP contribution in [0.5, 0.6) is 5.75 Å². The summed E-state index contributed by atoms with van der Waals surface area (Å²) >= 11 is 2.50. The van der Waals surface area contributed by atoms with Crippen LogP contribution >= 0.6 is 23.5 Å². The second kappa shape index (κ2) is 10.5. The van der Waals surface area contributed by atoms with Gasteiger partial charge in [0.1, 0.15) is 11.6 Å². The van der Waals surface area contributed by atoms with Crippen LogP contribution in [0.1, 0.15) is 29.3 Å². The number of aromatic hydroxyl groups is 1. The smallest absolute Gasteiger partial charge is 0.223 e. The van der Waals surface area contributed by atoms with Crippen molar-refractivity contribution < 1.29 is 19.1 Å². The molecule has 2 rings (SSSR count). The lowest BCUT2D eigenvalue weighted by Gasteiger charge is -2.18. The standard InChI is InChI=1S/C22H24FNO3S2/c1-13-5-7-17(19(23)11-13)16-6-8-21(26)18(12-16)22(27)29-10-9-20(14(2)28-4)24-15(3)25/h5-8,11-12,20,26H,2,9-10H2,1,3-4H3,(H,24,25). The number of thioether (sulfide) groups is 2. The van der Waals surface area contributed by atoms with E-state index >= 15 is 0 Å². The number of phenolic OH excluding ortho intramolecular Hbond substituents is 1. The minimum absolute atomic E-state index is 0.132. The van der Waals surface area contributed by atoms with E-state index in [0.717, 1.165) is 22.2 Å². The van der Waals surface area contributed by atoms with Gasteiger partial charge in [0.25, 0.3) is 0 Å².